The number of hydrogen-bond donors (Lipinski definition) is 2. The fourth-order valence-corrected chi connectivity index (χ4v) is 6.96. The van der Waals surface area contributed by atoms with Gasteiger partial charge in [0, 0.05) is 22.4 Å². The van der Waals surface area contributed by atoms with Crippen LogP contribution < -0.4 is 10.6 Å². The Bertz CT molecular complexity index is 1270. The van der Waals surface area contributed by atoms with Gasteiger partial charge in [-0.3, -0.25) is 9.59 Å². The smallest absolute Gasteiger partial charge is 0.341 e. The van der Waals surface area contributed by atoms with Gasteiger partial charge in [0.2, 0.25) is 11.8 Å². The van der Waals surface area contributed by atoms with Crippen molar-refractivity contribution in [3.05, 3.63) is 76.2 Å². The highest BCUT2D eigenvalue weighted by Crippen LogP contribution is 2.43. The van der Waals surface area contributed by atoms with Crippen LogP contribution >= 0.6 is 23.1 Å². The number of anilines is 2. The van der Waals surface area contributed by atoms with Crippen molar-refractivity contribution in [2.45, 2.75) is 62.5 Å². The number of thioether (sulfide) groups is 1. The molecule has 4 rings (SSSR count). The van der Waals surface area contributed by atoms with Gasteiger partial charge in [0.25, 0.3) is 0 Å². The molecule has 0 aliphatic heterocycles. The SMILES string of the molecule is CCOC(=O)c1c(NC(=O)C(CC)Sc2cccc(NC(C)=O)c2)sc2c1CCC(c1ccccc1)C2. The third-order valence-electron chi connectivity index (χ3n) is 6.35. The van der Waals surface area contributed by atoms with Crippen LogP contribution in [0.1, 0.15) is 65.9 Å². The Morgan fingerprint density at radius 2 is 1.86 bits per heavy atom. The van der Waals surface area contributed by atoms with Crippen LogP contribution in [0, 0.1) is 0 Å². The van der Waals surface area contributed by atoms with Gasteiger partial charge in [-0.2, -0.15) is 0 Å². The molecule has 1 aromatic heterocycles. The number of thiophene rings is 1. The van der Waals surface area contributed by atoms with Gasteiger partial charge in [-0.15, -0.1) is 23.1 Å². The first-order chi connectivity index (χ1) is 17.9. The fourth-order valence-electron chi connectivity index (χ4n) is 4.63. The number of fused-ring (bicyclic) bond motifs is 1. The summed E-state index contributed by atoms with van der Waals surface area (Å²) in [6.45, 7) is 5.50. The molecule has 2 unspecified atom stereocenters. The zero-order chi connectivity index (χ0) is 26.4. The van der Waals surface area contributed by atoms with Gasteiger partial charge in [-0.25, -0.2) is 4.79 Å². The topological polar surface area (TPSA) is 84.5 Å². The van der Waals surface area contributed by atoms with Crippen molar-refractivity contribution in [3.63, 3.8) is 0 Å². The van der Waals surface area contributed by atoms with Crippen molar-refractivity contribution in [3.8, 4) is 0 Å². The summed E-state index contributed by atoms with van der Waals surface area (Å²) >= 11 is 2.94. The van der Waals surface area contributed by atoms with E-state index < -0.39 is 0 Å². The van der Waals surface area contributed by atoms with Crippen molar-refractivity contribution >= 4 is 51.6 Å². The zero-order valence-electron chi connectivity index (χ0n) is 21.3. The summed E-state index contributed by atoms with van der Waals surface area (Å²) in [5.41, 5.74) is 3.51. The number of benzene rings is 2. The summed E-state index contributed by atoms with van der Waals surface area (Å²) in [5, 5.41) is 6.06. The lowest BCUT2D eigenvalue weighted by Crippen LogP contribution is -2.25. The second-order valence-electron chi connectivity index (χ2n) is 8.99. The molecular formula is C29H32N2O4S2. The van der Waals surface area contributed by atoms with Gasteiger partial charge in [-0.1, -0.05) is 43.3 Å². The molecule has 2 amide bonds. The largest absolute Gasteiger partial charge is 0.462 e. The maximum atomic E-state index is 13.4. The highest BCUT2D eigenvalue weighted by atomic mass is 32.2. The standard InChI is InChI=1S/C29H32N2O4S2/c1-4-24(36-22-13-9-12-21(17-22)30-18(3)32)27(33)31-28-26(29(34)35-5-2)23-15-14-20(16-25(23)37-28)19-10-7-6-8-11-19/h6-13,17,20,24H,4-5,14-16H2,1-3H3,(H,30,32)(H,31,33). The van der Waals surface area contributed by atoms with Crippen LogP contribution in [0.3, 0.4) is 0 Å². The summed E-state index contributed by atoms with van der Waals surface area (Å²) in [7, 11) is 0. The molecule has 0 fully saturated rings. The predicted octanol–water partition coefficient (Wildman–Crippen LogP) is 6.67. The second-order valence-corrected chi connectivity index (χ2v) is 11.4. The minimum atomic E-state index is -0.378. The molecule has 0 radical (unpaired) electrons. The zero-order valence-corrected chi connectivity index (χ0v) is 23.0. The quantitative estimate of drug-likeness (QED) is 0.236. The Labute approximate surface area is 226 Å². The van der Waals surface area contributed by atoms with Crippen LogP contribution in [0.15, 0.2) is 59.5 Å². The molecule has 0 spiro atoms. The number of ether oxygens (including phenoxy) is 1. The number of carbonyl (C=O) groups is 3. The van der Waals surface area contributed by atoms with E-state index in [1.165, 1.54) is 35.6 Å². The average Bonchev–Trinajstić information content (AvgIpc) is 3.24. The van der Waals surface area contributed by atoms with E-state index >= 15 is 0 Å². The monoisotopic (exact) mass is 536 g/mol. The molecule has 8 heteroatoms. The number of hydrogen-bond acceptors (Lipinski definition) is 6. The van der Waals surface area contributed by atoms with E-state index in [0.717, 1.165) is 34.6 Å². The first-order valence-electron chi connectivity index (χ1n) is 12.6. The Balaban J connectivity index is 1.55. The van der Waals surface area contributed by atoms with Crippen molar-refractivity contribution < 1.29 is 19.1 Å². The molecule has 0 saturated heterocycles. The van der Waals surface area contributed by atoms with Crippen molar-refractivity contribution in [2.75, 3.05) is 17.2 Å². The molecule has 0 bridgehead atoms. The van der Waals surface area contributed by atoms with Gasteiger partial charge in [-0.05, 0) is 67.9 Å². The minimum Gasteiger partial charge on any atom is -0.462 e. The Hall–Kier alpha value is -3.10. The van der Waals surface area contributed by atoms with Crippen LogP contribution in [-0.2, 0) is 27.2 Å². The predicted molar refractivity (Wildman–Crippen MR) is 151 cm³/mol. The molecule has 2 aromatic carbocycles. The Morgan fingerprint density at radius 1 is 1.08 bits per heavy atom. The summed E-state index contributed by atoms with van der Waals surface area (Å²) in [5.74, 6) is -0.284. The fraction of sp³-hybridized carbons (Fsp3) is 0.345. The molecule has 6 nitrogen and oxygen atoms in total. The highest BCUT2D eigenvalue weighted by Gasteiger charge is 2.31. The van der Waals surface area contributed by atoms with E-state index in [0.29, 0.717) is 28.6 Å². The van der Waals surface area contributed by atoms with Crippen molar-refractivity contribution in [2.24, 2.45) is 0 Å². The van der Waals surface area contributed by atoms with E-state index in [1.807, 2.05) is 37.3 Å². The molecule has 1 heterocycles. The second kappa shape index (κ2) is 12.4. The summed E-state index contributed by atoms with van der Waals surface area (Å²) in [4.78, 5) is 39.8. The van der Waals surface area contributed by atoms with Gasteiger partial charge in [0.05, 0.1) is 17.4 Å². The van der Waals surface area contributed by atoms with Crippen LogP contribution in [0.4, 0.5) is 10.7 Å². The number of carbonyl (C=O) groups excluding carboxylic acids is 3. The van der Waals surface area contributed by atoms with E-state index in [9.17, 15) is 14.4 Å². The number of rotatable bonds is 9. The first-order valence-corrected chi connectivity index (χ1v) is 14.3. The lowest BCUT2D eigenvalue weighted by molar-refractivity contribution is -0.116. The van der Waals surface area contributed by atoms with E-state index in [-0.39, 0.29) is 29.6 Å². The third kappa shape index (κ3) is 6.62. The Morgan fingerprint density at radius 3 is 2.57 bits per heavy atom. The van der Waals surface area contributed by atoms with E-state index in [2.05, 4.69) is 34.9 Å². The van der Waals surface area contributed by atoms with Crippen LogP contribution in [0.25, 0.3) is 0 Å². The summed E-state index contributed by atoms with van der Waals surface area (Å²) in [6, 6.07) is 17.9. The van der Waals surface area contributed by atoms with E-state index in [4.69, 9.17) is 4.74 Å². The molecule has 2 atom stereocenters. The lowest BCUT2D eigenvalue weighted by Gasteiger charge is -2.23. The van der Waals surface area contributed by atoms with Crippen molar-refractivity contribution in [1.82, 2.24) is 0 Å². The van der Waals surface area contributed by atoms with Gasteiger partial charge in [0.1, 0.15) is 5.00 Å². The summed E-state index contributed by atoms with van der Waals surface area (Å²) in [6.07, 6.45) is 3.17. The molecule has 3 aromatic rings. The maximum absolute atomic E-state index is 13.4. The molecule has 1 aliphatic carbocycles. The lowest BCUT2D eigenvalue weighted by atomic mass is 9.83. The molecule has 37 heavy (non-hydrogen) atoms. The summed E-state index contributed by atoms with van der Waals surface area (Å²) < 4.78 is 5.39. The van der Waals surface area contributed by atoms with E-state index in [1.54, 1.807) is 6.92 Å². The molecular weight excluding hydrogens is 504 g/mol. The Kier molecular flexibility index (Phi) is 9.05. The van der Waals surface area contributed by atoms with Crippen LogP contribution in [0.2, 0.25) is 0 Å². The molecule has 194 valence electrons. The van der Waals surface area contributed by atoms with Crippen LogP contribution in [-0.4, -0.2) is 29.6 Å². The van der Waals surface area contributed by atoms with Gasteiger partial charge < -0.3 is 15.4 Å². The number of amides is 2. The van der Waals surface area contributed by atoms with Crippen LogP contribution in [0.5, 0.6) is 0 Å². The number of nitrogens with one attached hydrogen (secondary N) is 2. The average molecular weight is 537 g/mol. The number of esters is 1. The molecule has 2 N–H and O–H groups in total. The highest BCUT2D eigenvalue weighted by molar-refractivity contribution is 8.00. The van der Waals surface area contributed by atoms with Gasteiger partial charge in [0.15, 0.2) is 0 Å². The molecule has 0 saturated carbocycles. The molecule has 1 aliphatic rings. The minimum absolute atomic E-state index is 0.144. The first kappa shape index (κ1) is 26.9. The van der Waals surface area contributed by atoms with Gasteiger partial charge >= 0.3 is 5.97 Å². The third-order valence-corrected chi connectivity index (χ3v) is 8.88. The van der Waals surface area contributed by atoms with Crippen molar-refractivity contribution in [1.29, 1.82) is 0 Å². The maximum Gasteiger partial charge on any atom is 0.341 e. The normalized spacial score (nSPS) is 15.4.